The largest absolute Gasteiger partial charge is 0.506 e. The summed E-state index contributed by atoms with van der Waals surface area (Å²) >= 11 is 0. The Morgan fingerprint density at radius 3 is 2.50 bits per heavy atom. The molecule has 0 atom stereocenters. The van der Waals surface area contributed by atoms with Gasteiger partial charge < -0.3 is 10.4 Å². The molecule has 0 aliphatic heterocycles. The molecule has 1 aromatic carbocycles. The predicted molar refractivity (Wildman–Crippen MR) is 83.6 cm³/mol. The third-order valence-corrected chi connectivity index (χ3v) is 3.55. The van der Waals surface area contributed by atoms with E-state index in [1.54, 1.807) is 19.2 Å². The molecule has 0 aliphatic rings. The van der Waals surface area contributed by atoms with Gasteiger partial charge in [0.25, 0.3) is 5.56 Å². The highest BCUT2D eigenvalue weighted by Crippen LogP contribution is 2.31. The predicted octanol–water partition coefficient (Wildman–Crippen LogP) is 3.15. The van der Waals surface area contributed by atoms with Gasteiger partial charge in [0.05, 0.1) is 11.4 Å². The number of anilines is 1. The highest BCUT2D eigenvalue weighted by atomic mass is 19.4. The van der Waals surface area contributed by atoms with E-state index in [0.29, 0.717) is 11.1 Å². The average molecular weight is 335 g/mol. The first-order valence-corrected chi connectivity index (χ1v) is 6.93. The van der Waals surface area contributed by atoms with Crippen LogP contribution >= 0.6 is 0 Å². The number of halogens is 3. The molecule has 24 heavy (non-hydrogen) atoms. The second-order valence-corrected chi connectivity index (χ2v) is 5.04. The molecule has 0 aliphatic carbocycles. The Morgan fingerprint density at radius 2 is 1.88 bits per heavy atom. The van der Waals surface area contributed by atoms with Gasteiger partial charge in [-0.05, 0) is 24.3 Å². The van der Waals surface area contributed by atoms with Crippen LogP contribution in [-0.4, -0.2) is 21.7 Å². The van der Waals surface area contributed by atoms with Crippen molar-refractivity contribution in [1.29, 1.82) is 0 Å². The van der Waals surface area contributed by atoms with Crippen molar-refractivity contribution >= 4 is 16.7 Å². The number of rotatable bonds is 2. The Hall–Kier alpha value is -3.03. The average Bonchev–Trinajstić information content (AvgIpc) is 2.54. The summed E-state index contributed by atoms with van der Waals surface area (Å²) in [4.78, 5) is 16.0. The number of aromatic nitrogens is 2. The van der Waals surface area contributed by atoms with Gasteiger partial charge in [0.15, 0.2) is 0 Å². The molecule has 3 rings (SSSR count). The summed E-state index contributed by atoms with van der Waals surface area (Å²) in [6.45, 7) is 0. The fraction of sp³-hybridized carbons (Fsp3) is 0.125. The fourth-order valence-electron chi connectivity index (χ4n) is 2.45. The molecule has 0 unspecified atom stereocenters. The van der Waals surface area contributed by atoms with Crippen LogP contribution in [0.4, 0.5) is 18.9 Å². The monoisotopic (exact) mass is 335 g/mol. The van der Waals surface area contributed by atoms with E-state index in [4.69, 9.17) is 0 Å². The molecular formula is C16H12F3N3O2. The minimum Gasteiger partial charge on any atom is -0.506 e. The van der Waals surface area contributed by atoms with Crippen LogP contribution in [0, 0.1) is 0 Å². The zero-order valence-electron chi connectivity index (χ0n) is 12.4. The van der Waals surface area contributed by atoms with Gasteiger partial charge in [0.1, 0.15) is 17.1 Å². The molecule has 2 aromatic heterocycles. The van der Waals surface area contributed by atoms with Crippen molar-refractivity contribution in [2.45, 2.75) is 6.18 Å². The standard InChI is InChI=1S/C16H12F3N3O2/c1-20-10-8-14(24)22(11-4-2-3-5-12(11)23)15-9(10)6-7-13(21-15)16(17,18)19/h2-8,20,23H,1H3. The summed E-state index contributed by atoms with van der Waals surface area (Å²) in [7, 11) is 1.55. The molecule has 2 heterocycles. The van der Waals surface area contributed by atoms with Gasteiger partial charge >= 0.3 is 6.18 Å². The van der Waals surface area contributed by atoms with E-state index in [9.17, 15) is 23.1 Å². The first-order valence-electron chi connectivity index (χ1n) is 6.93. The number of aromatic hydroxyl groups is 1. The van der Waals surface area contributed by atoms with Crippen molar-refractivity contribution in [2.24, 2.45) is 0 Å². The number of para-hydroxylation sites is 2. The van der Waals surface area contributed by atoms with E-state index in [2.05, 4.69) is 10.3 Å². The molecule has 3 aromatic rings. The zero-order chi connectivity index (χ0) is 17.5. The summed E-state index contributed by atoms with van der Waals surface area (Å²) in [6, 6.07) is 9.21. The maximum atomic E-state index is 13.0. The lowest BCUT2D eigenvalue weighted by Gasteiger charge is -2.15. The second-order valence-electron chi connectivity index (χ2n) is 5.04. The maximum Gasteiger partial charge on any atom is 0.433 e. The number of phenolic OH excluding ortho intramolecular Hbond substituents is 1. The number of alkyl halides is 3. The number of pyridine rings is 2. The van der Waals surface area contributed by atoms with Gasteiger partial charge in [-0.3, -0.25) is 9.36 Å². The molecule has 8 heteroatoms. The molecule has 0 fully saturated rings. The summed E-state index contributed by atoms with van der Waals surface area (Å²) in [6.07, 6.45) is -4.65. The lowest BCUT2D eigenvalue weighted by Crippen LogP contribution is -2.21. The normalized spacial score (nSPS) is 11.7. The first-order chi connectivity index (χ1) is 11.3. The van der Waals surface area contributed by atoms with E-state index >= 15 is 0 Å². The number of hydrogen-bond acceptors (Lipinski definition) is 4. The number of fused-ring (bicyclic) bond motifs is 1. The fourth-order valence-corrected chi connectivity index (χ4v) is 2.45. The van der Waals surface area contributed by atoms with Gasteiger partial charge in [0, 0.05) is 18.5 Å². The highest BCUT2D eigenvalue weighted by molar-refractivity contribution is 5.90. The molecule has 124 valence electrons. The molecule has 0 amide bonds. The van der Waals surface area contributed by atoms with Gasteiger partial charge in [-0.25, -0.2) is 4.98 Å². The summed E-state index contributed by atoms with van der Waals surface area (Å²) in [5.74, 6) is -0.239. The molecule has 2 N–H and O–H groups in total. The molecule has 0 saturated carbocycles. The lowest BCUT2D eigenvalue weighted by molar-refractivity contribution is -0.141. The Bertz CT molecular complexity index is 980. The van der Waals surface area contributed by atoms with E-state index in [1.165, 1.54) is 24.3 Å². The highest BCUT2D eigenvalue weighted by Gasteiger charge is 2.33. The first kappa shape index (κ1) is 15.9. The quantitative estimate of drug-likeness (QED) is 0.755. The van der Waals surface area contributed by atoms with Gasteiger partial charge in [-0.15, -0.1) is 0 Å². The second kappa shape index (κ2) is 5.55. The van der Waals surface area contributed by atoms with Crippen molar-refractivity contribution in [3.05, 3.63) is 58.5 Å². The maximum absolute atomic E-state index is 13.0. The number of nitrogens with one attached hydrogen (secondary N) is 1. The summed E-state index contributed by atoms with van der Waals surface area (Å²) in [5, 5.41) is 13.1. The van der Waals surface area contributed by atoms with Crippen LogP contribution in [0.5, 0.6) is 5.75 Å². The Kier molecular flexibility index (Phi) is 3.67. The molecule has 0 saturated heterocycles. The van der Waals surface area contributed by atoms with E-state index < -0.39 is 17.4 Å². The van der Waals surface area contributed by atoms with Crippen molar-refractivity contribution in [3.63, 3.8) is 0 Å². The molecule has 0 radical (unpaired) electrons. The van der Waals surface area contributed by atoms with Crippen LogP contribution < -0.4 is 10.9 Å². The number of phenols is 1. The van der Waals surface area contributed by atoms with Crippen molar-refractivity contribution < 1.29 is 18.3 Å². The number of nitrogens with zero attached hydrogens (tertiary/aromatic N) is 2. The van der Waals surface area contributed by atoms with Crippen molar-refractivity contribution in [2.75, 3.05) is 12.4 Å². The third kappa shape index (κ3) is 2.55. The molecule has 0 spiro atoms. The van der Waals surface area contributed by atoms with E-state index in [-0.39, 0.29) is 17.1 Å². The van der Waals surface area contributed by atoms with Crippen LogP contribution in [-0.2, 0) is 6.18 Å². The minimum atomic E-state index is -4.65. The minimum absolute atomic E-state index is 0.0574. The molecule has 0 bridgehead atoms. The molecule has 5 nitrogen and oxygen atoms in total. The molecular weight excluding hydrogens is 323 g/mol. The lowest BCUT2D eigenvalue weighted by atomic mass is 10.2. The SMILES string of the molecule is CNc1cc(=O)n(-c2ccccc2O)c2nc(C(F)(F)F)ccc12. The number of hydrogen-bond donors (Lipinski definition) is 2. The smallest absolute Gasteiger partial charge is 0.433 e. The Labute approximate surface area is 134 Å². The van der Waals surface area contributed by atoms with Crippen molar-refractivity contribution in [1.82, 2.24) is 9.55 Å². The topological polar surface area (TPSA) is 67.2 Å². The Morgan fingerprint density at radius 1 is 1.17 bits per heavy atom. The van der Waals surface area contributed by atoms with Crippen molar-refractivity contribution in [3.8, 4) is 11.4 Å². The third-order valence-electron chi connectivity index (χ3n) is 3.55. The van der Waals surface area contributed by atoms with Crippen LogP contribution in [0.1, 0.15) is 5.69 Å². The van der Waals surface area contributed by atoms with Gasteiger partial charge in [-0.2, -0.15) is 13.2 Å². The Balaban J connectivity index is 2.46. The van der Waals surface area contributed by atoms with Crippen LogP contribution in [0.2, 0.25) is 0 Å². The van der Waals surface area contributed by atoms with Crippen LogP contribution in [0.3, 0.4) is 0 Å². The van der Waals surface area contributed by atoms with Gasteiger partial charge in [-0.1, -0.05) is 12.1 Å². The van der Waals surface area contributed by atoms with Gasteiger partial charge in [0.2, 0.25) is 0 Å². The summed E-state index contributed by atoms with van der Waals surface area (Å²) in [5.41, 5.74) is -1.51. The summed E-state index contributed by atoms with van der Waals surface area (Å²) < 4.78 is 40.0. The zero-order valence-corrected chi connectivity index (χ0v) is 12.4. The van der Waals surface area contributed by atoms with Crippen LogP contribution in [0.15, 0.2) is 47.3 Å². The van der Waals surface area contributed by atoms with E-state index in [1.807, 2.05) is 0 Å². The van der Waals surface area contributed by atoms with Crippen LogP contribution in [0.25, 0.3) is 16.7 Å². The number of benzene rings is 1. The van der Waals surface area contributed by atoms with E-state index in [0.717, 1.165) is 10.6 Å².